The molecule has 4 aromatic rings. The van der Waals surface area contributed by atoms with Crippen LogP contribution in [0.1, 0.15) is 17.3 Å². The summed E-state index contributed by atoms with van der Waals surface area (Å²) >= 11 is 3.40. The van der Waals surface area contributed by atoms with Crippen LogP contribution in [0.2, 0.25) is 0 Å². The Balaban J connectivity index is 0.00000196. The van der Waals surface area contributed by atoms with E-state index in [4.69, 9.17) is 10.3 Å². The van der Waals surface area contributed by atoms with Crippen LogP contribution in [0.15, 0.2) is 75.9 Å². The van der Waals surface area contributed by atoms with E-state index in [1.54, 1.807) is 6.20 Å². The summed E-state index contributed by atoms with van der Waals surface area (Å²) in [6.07, 6.45) is 2.44. The van der Waals surface area contributed by atoms with Crippen molar-refractivity contribution in [2.24, 2.45) is 5.73 Å². The molecule has 1 atom stereocenters. The molecule has 0 bridgehead atoms. The smallest absolute Gasteiger partial charge is 0.167 e. The normalized spacial score (nSPS) is 11.9. The average molecular weight is 431 g/mol. The molecule has 6 heteroatoms. The maximum atomic E-state index is 6.51. The molecule has 2 N–H and O–H groups in total. The minimum absolute atomic E-state index is 0. The number of halogens is 2. The van der Waals surface area contributed by atoms with Crippen molar-refractivity contribution in [1.82, 2.24) is 10.1 Å². The molecule has 0 radical (unpaired) electrons. The molecule has 2 heterocycles. The van der Waals surface area contributed by atoms with Crippen LogP contribution in [0, 0.1) is 0 Å². The first kappa shape index (κ1) is 18.6. The Morgan fingerprint density at radius 1 is 1.00 bits per heavy atom. The van der Waals surface area contributed by atoms with Crippen LogP contribution >= 0.6 is 28.3 Å². The average Bonchev–Trinajstić information content (AvgIpc) is 3.07. The predicted octanol–water partition coefficient (Wildman–Crippen LogP) is 5.32. The van der Waals surface area contributed by atoms with E-state index in [1.165, 1.54) is 0 Å². The van der Waals surface area contributed by atoms with Gasteiger partial charge in [-0.2, -0.15) is 0 Å². The topological polar surface area (TPSA) is 64.9 Å². The van der Waals surface area contributed by atoms with Crippen LogP contribution in [0.5, 0.6) is 0 Å². The summed E-state index contributed by atoms with van der Waals surface area (Å²) in [5.74, 6) is 0. The van der Waals surface area contributed by atoms with Crippen LogP contribution < -0.4 is 5.73 Å². The Labute approximate surface area is 166 Å². The lowest BCUT2D eigenvalue weighted by Gasteiger charge is -2.15. The maximum absolute atomic E-state index is 6.51. The first-order valence-corrected chi connectivity index (χ1v) is 8.81. The summed E-state index contributed by atoms with van der Waals surface area (Å²) in [5, 5.41) is 5.26. The number of rotatable bonds is 4. The molecule has 26 heavy (non-hydrogen) atoms. The minimum Gasteiger partial charge on any atom is -0.356 e. The van der Waals surface area contributed by atoms with E-state index in [9.17, 15) is 0 Å². The lowest BCUT2D eigenvalue weighted by molar-refractivity contribution is 0.459. The number of hydrogen-bond acceptors (Lipinski definition) is 4. The maximum Gasteiger partial charge on any atom is 0.167 e. The number of fused-ring (bicyclic) bond motifs is 1. The van der Waals surface area contributed by atoms with E-state index in [0.717, 1.165) is 38.0 Å². The Bertz CT molecular complexity index is 1020. The second-order valence-corrected chi connectivity index (χ2v) is 6.81. The van der Waals surface area contributed by atoms with Gasteiger partial charge in [-0.3, -0.25) is 4.98 Å². The van der Waals surface area contributed by atoms with Gasteiger partial charge in [-0.1, -0.05) is 41.6 Å². The van der Waals surface area contributed by atoms with Gasteiger partial charge in [0.1, 0.15) is 5.69 Å². The fourth-order valence-electron chi connectivity index (χ4n) is 2.98. The van der Waals surface area contributed by atoms with Gasteiger partial charge < -0.3 is 10.3 Å². The predicted molar refractivity (Wildman–Crippen MR) is 109 cm³/mol. The largest absolute Gasteiger partial charge is 0.356 e. The van der Waals surface area contributed by atoms with Gasteiger partial charge in [-0.25, -0.2) is 0 Å². The number of nitrogens with two attached hydrogens (primary N) is 1. The third kappa shape index (κ3) is 3.65. The minimum atomic E-state index is -0.180. The van der Waals surface area contributed by atoms with Crippen molar-refractivity contribution in [3.63, 3.8) is 0 Å². The molecule has 0 saturated heterocycles. The molecule has 0 unspecified atom stereocenters. The monoisotopic (exact) mass is 429 g/mol. The van der Waals surface area contributed by atoms with Crippen molar-refractivity contribution in [2.75, 3.05) is 0 Å². The number of nitrogens with zero attached hydrogens (tertiary/aromatic N) is 2. The van der Waals surface area contributed by atoms with Gasteiger partial charge in [-0.15, -0.1) is 12.4 Å². The van der Waals surface area contributed by atoms with Gasteiger partial charge in [0, 0.05) is 39.8 Å². The quantitative estimate of drug-likeness (QED) is 0.476. The standard InChI is InChI=1S/C20H16BrN3O.ClH/c21-13-9-10-14(23-12-13)11-18(22)15-5-1-2-6-16(15)20-17-7-3-4-8-19(17)25-24-20;/h1-10,12,18H,11,22H2;1H/t18-;/m0./s1. The van der Waals surface area contributed by atoms with Crippen LogP contribution in [-0.2, 0) is 6.42 Å². The summed E-state index contributed by atoms with van der Waals surface area (Å²) in [6.45, 7) is 0. The van der Waals surface area contributed by atoms with Crippen LogP contribution in [0.3, 0.4) is 0 Å². The molecule has 0 saturated carbocycles. The van der Waals surface area contributed by atoms with Crippen LogP contribution in [0.4, 0.5) is 0 Å². The van der Waals surface area contributed by atoms with Gasteiger partial charge in [-0.05, 0) is 45.8 Å². The first-order chi connectivity index (χ1) is 12.2. The molecule has 0 fully saturated rings. The Kier molecular flexibility index (Phi) is 5.71. The van der Waals surface area contributed by atoms with Crippen molar-refractivity contribution in [3.8, 4) is 11.3 Å². The van der Waals surface area contributed by atoms with Gasteiger partial charge in [0.2, 0.25) is 0 Å². The van der Waals surface area contributed by atoms with E-state index in [-0.39, 0.29) is 18.4 Å². The molecular weight excluding hydrogens is 414 g/mol. The van der Waals surface area contributed by atoms with E-state index < -0.39 is 0 Å². The molecule has 4 nitrogen and oxygen atoms in total. The van der Waals surface area contributed by atoms with E-state index >= 15 is 0 Å². The third-order valence-electron chi connectivity index (χ3n) is 4.21. The van der Waals surface area contributed by atoms with Crippen LogP contribution in [0.25, 0.3) is 22.2 Å². The van der Waals surface area contributed by atoms with E-state index in [2.05, 4.69) is 26.1 Å². The van der Waals surface area contributed by atoms with Crippen molar-refractivity contribution >= 4 is 39.3 Å². The summed E-state index contributed by atoms with van der Waals surface area (Å²) in [4.78, 5) is 4.43. The zero-order valence-electron chi connectivity index (χ0n) is 13.8. The van der Waals surface area contributed by atoms with Crippen molar-refractivity contribution in [2.45, 2.75) is 12.5 Å². The number of aromatic nitrogens is 2. The lowest BCUT2D eigenvalue weighted by atomic mass is 9.94. The lowest BCUT2D eigenvalue weighted by Crippen LogP contribution is -2.15. The summed E-state index contributed by atoms with van der Waals surface area (Å²) < 4.78 is 6.42. The molecule has 132 valence electrons. The molecule has 4 rings (SSSR count). The molecule has 0 spiro atoms. The van der Waals surface area contributed by atoms with Gasteiger partial charge in [0.15, 0.2) is 5.58 Å². The summed E-state index contributed by atoms with van der Waals surface area (Å²) in [5.41, 5.74) is 11.1. The zero-order valence-corrected chi connectivity index (χ0v) is 16.2. The Hall–Kier alpha value is -2.21. The van der Waals surface area contributed by atoms with Gasteiger partial charge in [0.25, 0.3) is 0 Å². The molecule has 0 aliphatic carbocycles. The number of para-hydroxylation sites is 1. The van der Waals surface area contributed by atoms with Gasteiger partial charge in [0.05, 0.1) is 0 Å². The van der Waals surface area contributed by atoms with Crippen molar-refractivity contribution in [3.05, 3.63) is 82.6 Å². The highest BCUT2D eigenvalue weighted by Crippen LogP contribution is 2.33. The Morgan fingerprint density at radius 2 is 1.77 bits per heavy atom. The summed E-state index contributed by atoms with van der Waals surface area (Å²) in [6, 6.07) is 19.7. The highest BCUT2D eigenvalue weighted by atomic mass is 79.9. The summed E-state index contributed by atoms with van der Waals surface area (Å²) in [7, 11) is 0. The van der Waals surface area contributed by atoms with E-state index in [1.807, 2.05) is 60.7 Å². The highest BCUT2D eigenvalue weighted by Gasteiger charge is 2.17. The Morgan fingerprint density at radius 3 is 2.58 bits per heavy atom. The SMILES string of the molecule is Cl.N[C@@H](Cc1ccc(Br)cn1)c1ccccc1-c1noc2ccccc12. The second-order valence-electron chi connectivity index (χ2n) is 5.89. The van der Waals surface area contributed by atoms with Crippen LogP contribution in [-0.4, -0.2) is 10.1 Å². The molecular formula is C20H17BrClN3O. The fraction of sp³-hybridized carbons (Fsp3) is 0.100. The second kappa shape index (κ2) is 7.99. The fourth-order valence-corrected chi connectivity index (χ4v) is 3.21. The molecule has 2 aromatic heterocycles. The van der Waals surface area contributed by atoms with Crippen molar-refractivity contribution < 1.29 is 4.52 Å². The molecule has 0 aliphatic heterocycles. The highest BCUT2D eigenvalue weighted by molar-refractivity contribution is 9.10. The molecule has 0 amide bonds. The van der Waals surface area contributed by atoms with E-state index in [0.29, 0.717) is 6.42 Å². The van der Waals surface area contributed by atoms with Crippen molar-refractivity contribution in [1.29, 1.82) is 0 Å². The third-order valence-corrected chi connectivity index (χ3v) is 4.68. The molecule has 2 aromatic carbocycles. The van der Waals surface area contributed by atoms with Gasteiger partial charge >= 0.3 is 0 Å². The molecule has 0 aliphatic rings. The number of pyridine rings is 1. The zero-order chi connectivity index (χ0) is 17.2. The number of benzene rings is 2. The first-order valence-electron chi connectivity index (χ1n) is 8.02. The number of hydrogen-bond donors (Lipinski definition) is 1.